The summed E-state index contributed by atoms with van der Waals surface area (Å²) in [5.74, 6) is 1.67. The normalized spacial score (nSPS) is 10.1. The van der Waals surface area contributed by atoms with Crippen molar-refractivity contribution in [2.45, 2.75) is 13.2 Å². The lowest BCUT2D eigenvalue weighted by atomic mass is 10.1. The number of ether oxygens (including phenoxy) is 2. The second-order valence-corrected chi connectivity index (χ2v) is 3.95. The van der Waals surface area contributed by atoms with Crippen molar-refractivity contribution in [2.75, 3.05) is 7.11 Å². The van der Waals surface area contributed by atoms with Crippen molar-refractivity contribution in [1.82, 2.24) is 0 Å². The summed E-state index contributed by atoms with van der Waals surface area (Å²) in [7, 11) is 1.66. The van der Waals surface area contributed by atoms with Crippen molar-refractivity contribution in [3.05, 3.63) is 59.7 Å². The van der Waals surface area contributed by atoms with Gasteiger partial charge in [0.15, 0.2) is 0 Å². The van der Waals surface area contributed by atoms with E-state index in [-0.39, 0.29) is 0 Å². The van der Waals surface area contributed by atoms with Gasteiger partial charge in [0, 0.05) is 12.1 Å². The van der Waals surface area contributed by atoms with Gasteiger partial charge >= 0.3 is 0 Å². The van der Waals surface area contributed by atoms with Gasteiger partial charge in [-0.25, -0.2) is 0 Å². The van der Waals surface area contributed by atoms with Crippen LogP contribution in [0.25, 0.3) is 0 Å². The van der Waals surface area contributed by atoms with Crippen LogP contribution in [0.1, 0.15) is 11.1 Å². The molecule has 2 aromatic carbocycles. The number of hydrogen-bond donors (Lipinski definition) is 1. The van der Waals surface area contributed by atoms with Crippen LogP contribution in [0.5, 0.6) is 11.5 Å². The smallest absolute Gasteiger partial charge is 0.125 e. The van der Waals surface area contributed by atoms with E-state index in [9.17, 15) is 0 Å². The minimum atomic E-state index is 0.473. The largest absolute Gasteiger partial charge is 0.496 e. The Labute approximate surface area is 107 Å². The highest BCUT2D eigenvalue weighted by molar-refractivity contribution is 5.37. The van der Waals surface area contributed by atoms with Crippen molar-refractivity contribution >= 4 is 0 Å². The highest BCUT2D eigenvalue weighted by atomic mass is 16.5. The van der Waals surface area contributed by atoms with Crippen LogP contribution in [-0.4, -0.2) is 7.11 Å². The van der Waals surface area contributed by atoms with E-state index in [4.69, 9.17) is 15.2 Å². The van der Waals surface area contributed by atoms with Gasteiger partial charge in [-0.3, -0.25) is 0 Å². The van der Waals surface area contributed by atoms with E-state index in [1.165, 1.54) is 0 Å². The minimum Gasteiger partial charge on any atom is -0.496 e. The molecule has 94 valence electrons. The Bertz CT molecular complexity index is 497. The fourth-order valence-electron chi connectivity index (χ4n) is 1.75. The van der Waals surface area contributed by atoms with Gasteiger partial charge in [0.2, 0.25) is 0 Å². The Balaban J connectivity index is 2.12. The van der Waals surface area contributed by atoms with E-state index >= 15 is 0 Å². The minimum absolute atomic E-state index is 0.473. The van der Waals surface area contributed by atoms with Crippen LogP contribution in [0.15, 0.2) is 48.5 Å². The van der Waals surface area contributed by atoms with Gasteiger partial charge in [-0.1, -0.05) is 24.3 Å². The number of hydrogen-bond acceptors (Lipinski definition) is 3. The van der Waals surface area contributed by atoms with Crippen molar-refractivity contribution in [3.8, 4) is 11.5 Å². The molecular weight excluding hydrogens is 226 g/mol. The molecule has 0 fully saturated rings. The van der Waals surface area contributed by atoms with Crippen LogP contribution in [0.2, 0.25) is 0 Å². The quantitative estimate of drug-likeness (QED) is 0.878. The predicted molar refractivity (Wildman–Crippen MR) is 71.7 cm³/mol. The molecule has 3 heteroatoms. The fourth-order valence-corrected chi connectivity index (χ4v) is 1.75. The van der Waals surface area contributed by atoms with E-state index in [0.717, 1.165) is 22.6 Å². The zero-order valence-corrected chi connectivity index (χ0v) is 10.4. The number of nitrogens with two attached hydrogens (primary N) is 1. The summed E-state index contributed by atoms with van der Waals surface area (Å²) >= 11 is 0. The Kier molecular flexibility index (Phi) is 4.20. The van der Waals surface area contributed by atoms with Crippen LogP contribution < -0.4 is 15.2 Å². The van der Waals surface area contributed by atoms with E-state index in [2.05, 4.69) is 0 Å². The Morgan fingerprint density at radius 3 is 2.50 bits per heavy atom. The summed E-state index contributed by atoms with van der Waals surface area (Å²) < 4.78 is 11.0. The molecule has 0 unspecified atom stereocenters. The molecule has 2 aromatic rings. The van der Waals surface area contributed by atoms with Gasteiger partial charge in [0.05, 0.1) is 7.11 Å². The molecule has 0 aromatic heterocycles. The number of para-hydroxylation sites is 1. The fraction of sp³-hybridized carbons (Fsp3) is 0.200. The molecule has 0 aliphatic rings. The molecule has 0 aliphatic carbocycles. The molecule has 0 amide bonds. The van der Waals surface area contributed by atoms with Crippen LogP contribution in [-0.2, 0) is 13.2 Å². The molecule has 0 saturated heterocycles. The number of rotatable bonds is 5. The third kappa shape index (κ3) is 3.02. The lowest BCUT2D eigenvalue weighted by Gasteiger charge is -2.11. The standard InChI is InChI=1S/C15H17NO2/c1-17-15-8-7-12(10-16)9-13(15)11-18-14-5-3-2-4-6-14/h2-9H,10-11,16H2,1H3. The van der Waals surface area contributed by atoms with E-state index in [1.807, 2.05) is 48.5 Å². The molecule has 0 aliphatic heterocycles. The zero-order valence-electron chi connectivity index (χ0n) is 10.4. The summed E-state index contributed by atoms with van der Waals surface area (Å²) in [5.41, 5.74) is 7.71. The lowest BCUT2D eigenvalue weighted by molar-refractivity contribution is 0.296. The van der Waals surface area contributed by atoms with Crippen molar-refractivity contribution < 1.29 is 9.47 Å². The highest BCUT2D eigenvalue weighted by Crippen LogP contribution is 2.22. The van der Waals surface area contributed by atoms with Gasteiger partial charge in [-0.05, 0) is 29.8 Å². The Hall–Kier alpha value is -2.00. The maximum absolute atomic E-state index is 5.71. The molecule has 0 saturated carbocycles. The van der Waals surface area contributed by atoms with Crippen molar-refractivity contribution in [3.63, 3.8) is 0 Å². The third-order valence-corrected chi connectivity index (χ3v) is 2.72. The molecule has 0 atom stereocenters. The first-order chi connectivity index (χ1) is 8.83. The number of benzene rings is 2. The lowest BCUT2D eigenvalue weighted by Crippen LogP contribution is -2.02. The van der Waals surface area contributed by atoms with Gasteiger partial charge in [0.25, 0.3) is 0 Å². The first-order valence-corrected chi connectivity index (χ1v) is 5.87. The van der Waals surface area contributed by atoms with Gasteiger partial charge in [-0.2, -0.15) is 0 Å². The topological polar surface area (TPSA) is 44.5 Å². The third-order valence-electron chi connectivity index (χ3n) is 2.72. The monoisotopic (exact) mass is 243 g/mol. The van der Waals surface area contributed by atoms with Crippen LogP contribution in [0, 0.1) is 0 Å². The van der Waals surface area contributed by atoms with Gasteiger partial charge < -0.3 is 15.2 Å². The second-order valence-electron chi connectivity index (χ2n) is 3.95. The average molecular weight is 243 g/mol. The van der Waals surface area contributed by atoms with Crippen LogP contribution in [0.3, 0.4) is 0 Å². The molecule has 0 heterocycles. The summed E-state index contributed by atoms with van der Waals surface area (Å²) in [6.07, 6.45) is 0. The number of methoxy groups -OCH3 is 1. The molecule has 0 radical (unpaired) electrons. The maximum Gasteiger partial charge on any atom is 0.125 e. The summed E-state index contributed by atoms with van der Waals surface area (Å²) in [6, 6.07) is 15.6. The van der Waals surface area contributed by atoms with Crippen LogP contribution >= 0.6 is 0 Å². The van der Waals surface area contributed by atoms with E-state index < -0.39 is 0 Å². The van der Waals surface area contributed by atoms with Crippen molar-refractivity contribution in [1.29, 1.82) is 0 Å². The first kappa shape index (κ1) is 12.5. The second kappa shape index (κ2) is 6.07. The summed E-state index contributed by atoms with van der Waals surface area (Å²) in [6.45, 7) is 0.989. The van der Waals surface area contributed by atoms with Crippen molar-refractivity contribution in [2.24, 2.45) is 5.73 Å². The molecule has 2 rings (SSSR count). The first-order valence-electron chi connectivity index (χ1n) is 5.87. The molecule has 0 spiro atoms. The Morgan fingerprint density at radius 2 is 1.83 bits per heavy atom. The predicted octanol–water partition coefficient (Wildman–Crippen LogP) is 2.73. The van der Waals surface area contributed by atoms with Gasteiger partial charge in [0.1, 0.15) is 18.1 Å². The Morgan fingerprint density at radius 1 is 1.06 bits per heavy atom. The summed E-state index contributed by atoms with van der Waals surface area (Å²) in [5, 5.41) is 0. The molecule has 3 nitrogen and oxygen atoms in total. The highest BCUT2D eigenvalue weighted by Gasteiger charge is 2.05. The SMILES string of the molecule is COc1ccc(CN)cc1COc1ccccc1. The van der Waals surface area contributed by atoms with Crippen LogP contribution in [0.4, 0.5) is 0 Å². The molecule has 18 heavy (non-hydrogen) atoms. The van der Waals surface area contributed by atoms with E-state index in [0.29, 0.717) is 13.2 Å². The molecular formula is C15H17NO2. The summed E-state index contributed by atoms with van der Waals surface area (Å²) in [4.78, 5) is 0. The van der Waals surface area contributed by atoms with Gasteiger partial charge in [-0.15, -0.1) is 0 Å². The van der Waals surface area contributed by atoms with E-state index in [1.54, 1.807) is 7.11 Å². The maximum atomic E-state index is 5.71. The molecule has 0 bridgehead atoms. The average Bonchev–Trinajstić information content (AvgIpc) is 2.45. The zero-order chi connectivity index (χ0) is 12.8. The molecule has 2 N–H and O–H groups in total.